The summed E-state index contributed by atoms with van der Waals surface area (Å²) >= 11 is 0. The lowest BCUT2D eigenvalue weighted by atomic mass is 9.76. The first kappa shape index (κ1) is 16.8. The van der Waals surface area contributed by atoms with Crippen molar-refractivity contribution in [1.29, 1.82) is 0 Å². The Kier molecular flexibility index (Phi) is 4.98. The fraction of sp³-hybridized carbons (Fsp3) is 0.261. The number of hydrogen-bond donors (Lipinski definition) is 1. The number of nitrogens with one attached hydrogen (secondary N) is 1. The van der Waals surface area contributed by atoms with Gasteiger partial charge in [-0.25, -0.2) is 0 Å². The first-order chi connectivity index (χ1) is 12.8. The van der Waals surface area contributed by atoms with Crippen LogP contribution in [0.1, 0.15) is 42.9 Å². The molecule has 0 bridgehead atoms. The molecule has 1 aliphatic rings. The number of aromatic nitrogens is 1. The van der Waals surface area contributed by atoms with Gasteiger partial charge in [0, 0.05) is 30.0 Å². The normalized spacial score (nSPS) is 20.2. The van der Waals surface area contributed by atoms with Crippen LogP contribution >= 0.6 is 0 Å². The maximum atomic E-state index is 6.11. The standard InChI is InChI=1S/C23H24N2O/c1-17(25-20-14-19(15-20)18-8-7-13-24-16-18)22-11-5-6-12-23(22)26-21-9-3-2-4-10-21/h2-13,16-17,19-20,25H,14-15H2,1H3. The zero-order chi connectivity index (χ0) is 17.8. The van der Waals surface area contributed by atoms with Crippen molar-refractivity contribution >= 4 is 0 Å². The molecule has 1 fully saturated rings. The monoisotopic (exact) mass is 344 g/mol. The van der Waals surface area contributed by atoms with Crippen LogP contribution in [0.15, 0.2) is 79.1 Å². The number of para-hydroxylation sites is 2. The van der Waals surface area contributed by atoms with Crippen LogP contribution in [-0.4, -0.2) is 11.0 Å². The van der Waals surface area contributed by atoms with Crippen LogP contribution < -0.4 is 10.1 Å². The van der Waals surface area contributed by atoms with E-state index in [0.29, 0.717) is 12.0 Å². The summed E-state index contributed by atoms with van der Waals surface area (Å²) in [6.45, 7) is 2.21. The highest BCUT2D eigenvalue weighted by Gasteiger charge is 2.31. The molecule has 1 saturated carbocycles. The fourth-order valence-electron chi connectivity index (χ4n) is 3.63. The van der Waals surface area contributed by atoms with Gasteiger partial charge < -0.3 is 10.1 Å². The predicted octanol–water partition coefficient (Wildman–Crippen LogP) is 5.47. The van der Waals surface area contributed by atoms with E-state index in [1.165, 1.54) is 11.1 Å². The highest BCUT2D eigenvalue weighted by molar-refractivity contribution is 5.39. The third kappa shape index (κ3) is 3.78. The molecule has 1 aromatic heterocycles. The predicted molar refractivity (Wildman–Crippen MR) is 105 cm³/mol. The van der Waals surface area contributed by atoms with Gasteiger partial charge in [-0.1, -0.05) is 42.5 Å². The molecule has 2 aromatic carbocycles. The van der Waals surface area contributed by atoms with Crippen molar-refractivity contribution in [3.05, 3.63) is 90.3 Å². The molecule has 1 aliphatic carbocycles. The summed E-state index contributed by atoms with van der Waals surface area (Å²) in [5.74, 6) is 2.42. The maximum Gasteiger partial charge on any atom is 0.132 e. The van der Waals surface area contributed by atoms with Crippen molar-refractivity contribution in [3.63, 3.8) is 0 Å². The number of benzene rings is 2. The van der Waals surface area contributed by atoms with Gasteiger partial charge in [0.2, 0.25) is 0 Å². The van der Waals surface area contributed by atoms with Crippen molar-refractivity contribution in [2.24, 2.45) is 0 Å². The third-order valence-electron chi connectivity index (χ3n) is 5.14. The first-order valence-corrected chi connectivity index (χ1v) is 9.27. The lowest BCUT2D eigenvalue weighted by molar-refractivity contribution is 0.269. The van der Waals surface area contributed by atoms with E-state index in [9.17, 15) is 0 Å². The molecule has 1 heterocycles. The van der Waals surface area contributed by atoms with Crippen LogP contribution in [-0.2, 0) is 0 Å². The van der Waals surface area contributed by atoms with Gasteiger partial charge in [0.05, 0.1) is 0 Å². The highest BCUT2D eigenvalue weighted by atomic mass is 16.5. The molecular formula is C23H24N2O. The minimum Gasteiger partial charge on any atom is -0.457 e. The molecule has 0 amide bonds. The maximum absolute atomic E-state index is 6.11. The van der Waals surface area contributed by atoms with Crippen molar-refractivity contribution in [2.75, 3.05) is 0 Å². The Morgan fingerprint density at radius 3 is 2.50 bits per heavy atom. The molecule has 3 aromatic rings. The van der Waals surface area contributed by atoms with Crippen molar-refractivity contribution in [2.45, 2.75) is 37.8 Å². The van der Waals surface area contributed by atoms with Gasteiger partial charge >= 0.3 is 0 Å². The molecule has 0 radical (unpaired) electrons. The molecule has 0 saturated heterocycles. The Morgan fingerprint density at radius 1 is 0.962 bits per heavy atom. The Labute approximate surface area is 155 Å². The lowest BCUT2D eigenvalue weighted by Gasteiger charge is -2.38. The molecule has 3 nitrogen and oxygen atoms in total. The van der Waals surface area contributed by atoms with Crippen molar-refractivity contribution in [1.82, 2.24) is 10.3 Å². The first-order valence-electron chi connectivity index (χ1n) is 9.27. The smallest absolute Gasteiger partial charge is 0.132 e. The zero-order valence-electron chi connectivity index (χ0n) is 15.0. The Hall–Kier alpha value is -2.65. The minimum absolute atomic E-state index is 0.245. The summed E-state index contributed by atoms with van der Waals surface area (Å²) in [6, 6.07) is 23.2. The van der Waals surface area contributed by atoms with E-state index in [1.807, 2.05) is 60.9 Å². The number of rotatable bonds is 6. The number of pyridine rings is 1. The second-order valence-corrected chi connectivity index (χ2v) is 6.99. The number of nitrogens with zero attached hydrogens (tertiary/aromatic N) is 1. The number of ether oxygens (including phenoxy) is 1. The average molecular weight is 344 g/mol. The average Bonchev–Trinajstić information content (AvgIpc) is 2.66. The van der Waals surface area contributed by atoms with Crippen molar-refractivity contribution < 1.29 is 4.74 Å². The van der Waals surface area contributed by atoms with Gasteiger partial charge in [0.15, 0.2) is 0 Å². The molecular weight excluding hydrogens is 320 g/mol. The molecule has 132 valence electrons. The van der Waals surface area contributed by atoms with Crippen LogP contribution in [0.5, 0.6) is 11.5 Å². The van der Waals surface area contributed by atoms with Gasteiger partial charge in [-0.05, 0) is 55.5 Å². The van der Waals surface area contributed by atoms with Gasteiger partial charge in [-0.2, -0.15) is 0 Å². The summed E-state index contributed by atoms with van der Waals surface area (Å²) < 4.78 is 6.11. The van der Waals surface area contributed by atoms with Gasteiger partial charge in [-0.15, -0.1) is 0 Å². The highest BCUT2D eigenvalue weighted by Crippen LogP contribution is 2.38. The number of hydrogen-bond acceptors (Lipinski definition) is 3. The Balaban J connectivity index is 1.39. The lowest BCUT2D eigenvalue weighted by Crippen LogP contribution is -2.41. The molecule has 0 spiro atoms. The van der Waals surface area contributed by atoms with E-state index in [2.05, 4.69) is 35.4 Å². The third-order valence-corrected chi connectivity index (χ3v) is 5.14. The van der Waals surface area contributed by atoms with Crippen LogP contribution in [0.2, 0.25) is 0 Å². The van der Waals surface area contributed by atoms with E-state index in [1.54, 1.807) is 0 Å². The Morgan fingerprint density at radius 2 is 1.73 bits per heavy atom. The zero-order valence-corrected chi connectivity index (χ0v) is 15.0. The largest absolute Gasteiger partial charge is 0.457 e. The summed E-state index contributed by atoms with van der Waals surface area (Å²) in [4.78, 5) is 4.24. The summed E-state index contributed by atoms with van der Waals surface area (Å²) in [5, 5.41) is 3.76. The fourth-order valence-corrected chi connectivity index (χ4v) is 3.63. The SMILES string of the molecule is CC(NC1CC(c2cccnc2)C1)c1ccccc1Oc1ccccc1. The van der Waals surface area contributed by atoms with E-state index in [-0.39, 0.29) is 6.04 Å². The molecule has 1 unspecified atom stereocenters. The van der Waals surface area contributed by atoms with Crippen molar-refractivity contribution in [3.8, 4) is 11.5 Å². The second kappa shape index (κ2) is 7.71. The minimum atomic E-state index is 0.245. The molecule has 3 heteroatoms. The van der Waals surface area contributed by atoms with Crippen LogP contribution in [0, 0.1) is 0 Å². The second-order valence-electron chi connectivity index (χ2n) is 6.99. The van der Waals surface area contributed by atoms with E-state index in [4.69, 9.17) is 4.74 Å². The van der Waals surface area contributed by atoms with Gasteiger partial charge in [0.1, 0.15) is 11.5 Å². The summed E-state index contributed by atoms with van der Waals surface area (Å²) in [7, 11) is 0. The van der Waals surface area contributed by atoms with E-state index < -0.39 is 0 Å². The molecule has 1 N–H and O–H groups in total. The Bertz CT molecular complexity index is 829. The van der Waals surface area contributed by atoms with E-state index >= 15 is 0 Å². The summed E-state index contributed by atoms with van der Waals surface area (Å²) in [6.07, 6.45) is 6.16. The van der Waals surface area contributed by atoms with Crippen LogP contribution in [0.25, 0.3) is 0 Å². The molecule has 26 heavy (non-hydrogen) atoms. The van der Waals surface area contributed by atoms with Gasteiger partial charge in [-0.3, -0.25) is 4.98 Å². The molecule has 1 atom stereocenters. The molecule has 4 rings (SSSR count). The summed E-state index contributed by atoms with van der Waals surface area (Å²) in [5.41, 5.74) is 2.55. The molecule has 0 aliphatic heterocycles. The topological polar surface area (TPSA) is 34.2 Å². The van der Waals surface area contributed by atoms with Crippen LogP contribution in [0.4, 0.5) is 0 Å². The van der Waals surface area contributed by atoms with E-state index in [0.717, 1.165) is 24.3 Å². The van der Waals surface area contributed by atoms with Crippen LogP contribution in [0.3, 0.4) is 0 Å². The van der Waals surface area contributed by atoms with Gasteiger partial charge in [0.25, 0.3) is 0 Å². The quantitative estimate of drug-likeness (QED) is 0.644.